The third-order valence-corrected chi connectivity index (χ3v) is 4.71. The van der Waals surface area contributed by atoms with Gasteiger partial charge in [-0.15, -0.1) is 0 Å². The summed E-state index contributed by atoms with van der Waals surface area (Å²) in [5.74, 6) is -0.381. The Morgan fingerprint density at radius 3 is 2.70 bits per heavy atom. The van der Waals surface area contributed by atoms with Gasteiger partial charge in [0.15, 0.2) is 0 Å². The van der Waals surface area contributed by atoms with Gasteiger partial charge in [-0.1, -0.05) is 0 Å². The molecular weight excluding hydrogens is 354 g/mol. The quantitative estimate of drug-likeness (QED) is 0.834. The minimum Gasteiger partial charge on any atom is -0.497 e. The number of carbonyl (C=O) groups excluding carboxylic acids is 1. The number of carbonyl (C=O) groups is 1. The molecule has 1 saturated heterocycles. The van der Waals surface area contributed by atoms with E-state index in [0.29, 0.717) is 0 Å². The van der Waals surface area contributed by atoms with Crippen molar-refractivity contribution in [2.24, 2.45) is 0 Å². The van der Waals surface area contributed by atoms with Gasteiger partial charge in [0, 0.05) is 17.7 Å². The van der Waals surface area contributed by atoms with Gasteiger partial charge in [-0.25, -0.2) is 8.78 Å². The van der Waals surface area contributed by atoms with E-state index in [4.69, 9.17) is 9.47 Å². The summed E-state index contributed by atoms with van der Waals surface area (Å²) >= 11 is 0. The van der Waals surface area contributed by atoms with Crippen molar-refractivity contribution in [3.05, 3.63) is 53.6 Å². The first kappa shape index (κ1) is 19.1. The number of benzene rings is 2. The first-order valence-electron chi connectivity index (χ1n) is 8.72. The SMILES string of the molecule is COc1ccc(OC)c([C@H]2CCCN2CC(=O)Nc2ccc(F)cc2F)c1. The van der Waals surface area contributed by atoms with Crippen LogP contribution < -0.4 is 14.8 Å². The maximum Gasteiger partial charge on any atom is 0.238 e. The number of rotatable bonds is 6. The molecule has 0 aromatic heterocycles. The lowest BCUT2D eigenvalue weighted by molar-refractivity contribution is -0.117. The molecule has 1 atom stereocenters. The van der Waals surface area contributed by atoms with Crippen LogP contribution in [0.15, 0.2) is 36.4 Å². The Bertz CT molecular complexity index is 829. The van der Waals surface area contributed by atoms with E-state index in [1.54, 1.807) is 14.2 Å². The van der Waals surface area contributed by atoms with E-state index in [1.807, 2.05) is 23.1 Å². The molecule has 144 valence electrons. The molecule has 0 saturated carbocycles. The summed E-state index contributed by atoms with van der Waals surface area (Å²) in [5.41, 5.74) is 0.922. The second kappa shape index (κ2) is 8.35. The van der Waals surface area contributed by atoms with Gasteiger partial charge in [-0.05, 0) is 49.7 Å². The van der Waals surface area contributed by atoms with Crippen molar-refractivity contribution in [2.75, 3.05) is 32.6 Å². The number of nitrogens with one attached hydrogen (secondary N) is 1. The molecule has 27 heavy (non-hydrogen) atoms. The number of hydrogen-bond acceptors (Lipinski definition) is 4. The highest BCUT2D eigenvalue weighted by atomic mass is 19.1. The Balaban J connectivity index is 1.74. The van der Waals surface area contributed by atoms with Gasteiger partial charge >= 0.3 is 0 Å². The lowest BCUT2D eigenvalue weighted by Gasteiger charge is -2.26. The van der Waals surface area contributed by atoms with E-state index in [2.05, 4.69) is 5.32 Å². The lowest BCUT2D eigenvalue weighted by Crippen LogP contribution is -2.33. The molecule has 0 aliphatic carbocycles. The van der Waals surface area contributed by atoms with Crippen LogP contribution in [0.3, 0.4) is 0 Å². The van der Waals surface area contributed by atoms with Crippen molar-refractivity contribution in [3.63, 3.8) is 0 Å². The zero-order chi connectivity index (χ0) is 19.4. The van der Waals surface area contributed by atoms with Crippen molar-refractivity contribution >= 4 is 11.6 Å². The smallest absolute Gasteiger partial charge is 0.238 e. The molecule has 1 aliphatic heterocycles. The number of amides is 1. The van der Waals surface area contributed by atoms with Crippen molar-refractivity contribution in [3.8, 4) is 11.5 Å². The highest BCUT2D eigenvalue weighted by Gasteiger charge is 2.30. The predicted octanol–water partition coefficient (Wildman–Crippen LogP) is 3.76. The Morgan fingerprint density at radius 2 is 2.00 bits per heavy atom. The van der Waals surface area contributed by atoms with Crippen LogP contribution in [-0.2, 0) is 4.79 Å². The summed E-state index contributed by atoms with van der Waals surface area (Å²) < 4.78 is 37.5. The molecule has 1 amide bonds. The summed E-state index contributed by atoms with van der Waals surface area (Å²) in [5, 5.41) is 2.51. The van der Waals surface area contributed by atoms with Crippen LogP contribution in [-0.4, -0.2) is 38.1 Å². The molecule has 0 spiro atoms. The molecule has 2 aromatic rings. The third kappa shape index (κ3) is 4.36. The van der Waals surface area contributed by atoms with E-state index in [-0.39, 0.29) is 24.2 Å². The number of hydrogen-bond donors (Lipinski definition) is 1. The van der Waals surface area contributed by atoms with E-state index in [1.165, 1.54) is 6.07 Å². The largest absolute Gasteiger partial charge is 0.497 e. The normalized spacial score (nSPS) is 17.0. The molecule has 0 unspecified atom stereocenters. The van der Waals surface area contributed by atoms with Crippen molar-refractivity contribution < 1.29 is 23.0 Å². The zero-order valence-electron chi connectivity index (χ0n) is 15.3. The molecule has 0 bridgehead atoms. The standard InChI is InChI=1S/C20H22F2N2O3/c1-26-14-6-8-19(27-2)15(11-14)18-4-3-9-24(18)12-20(25)23-17-7-5-13(21)10-16(17)22/h5-8,10-11,18H,3-4,9,12H2,1-2H3,(H,23,25)/t18-/m1/s1. The first-order valence-corrected chi connectivity index (χ1v) is 8.72. The molecular formula is C20H22F2N2O3. The van der Waals surface area contributed by atoms with Gasteiger partial charge in [0.25, 0.3) is 0 Å². The van der Waals surface area contributed by atoms with Crippen LogP contribution in [0.2, 0.25) is 0 Å². The van der Waals surface area contributed by atoms with Crippen LogP contribution in [0.25, 0.3) is 0 Å². The van der Waals surface area contributed by atoms with Crippen LogP contribution >= 0.6 is 0 Å². The maximum atomic E-state index is 13.7. The van der Waals surface area contributed by atoms with Crippen molar-refractivity contribution in [1.29, 1.82) is 0 Å². The maximum absolute atomic E-state index is 13.7. The molecule has 0 radical (unpaired) electrons. The van der Waals surface area contributed by atoms with E-state index in [0.717, 1.165) is 48.6 Å². The molecule has 1 N–H and O–H groups in total. The predicted molar refractivity (Wildman–Crippen MR) is 98.1 cm³/mol. The molecule has 1 aliphatic rings. The number of methoxy groups -OCH3 is 2. The Morgan fingerprint density at radius 1 is 1.19 bits per heavy atom. The topological polar surface area (TPSA) is 50.8 Å². The molecule has 1 fully saturated rings. The third-order valence-electron chi connectivity index (χ3n) is 4.71. The number of likely N-dealkylation sites (tertiary alicyclic amines) is 1. The van der Waals surface area contributed by atoms with Crippen LogP contribution in [0.4, 0.5) is 14.5 Å². The molecule has 3 rings (SSSR count). The van der Waals surface area contributed by atoms with E-state index in [9.17, 15) is 13.6 Å². The van der Waals surface area contributed by atoms with Crippen LogP contribution in [0, 0.1) is 11.6 Å². The Hall–Kier alpha value is -2.67. The van der Waals surface area contributed by atoms with E-state index >= 15 is 0 Å². The van der Waals surface area contributed by atoms with Crippen molar-refractivity contribution in [1.82, 2.24) is 4.90 Å². The van der Waals surface area contributed by atoms with Crippen molar-refractivity contribution in [2.45, 2.75) is 18.9 Å². The Kier molecular flexibility index (Phi) is 5.91. The monoisotopic (exact) mass is 376 g/mol. The molecule has 5 nitrogen and oxygen atoms in total. The first-order chi connectivity index (χ1) is 13.0. The summed E-state index contributed by atoms with van der Waals surface area (Å²) in [6.45, 7) is 0.839. The van der Waals surface area contributed by atoms with Gasteiger partial charge in [0.2, 0.25) is 5.91 Å². The summed E-state index contributed by atoms with van der Waals surface area (Å²) in [6, 6.07) is 8.66. The Labute approximate surface area is 156 Å². The summed E-state index contributed by atoms with van der Waals surface area (Å²) in [4.78, 5) is 14.4. The van der Waals surface area contributed by atoms with Crippen LogP contribution in [0.1, 0.15) is 24.4 Å². The van der Waals surface area contributed by atoms with E-state index < -0.39 is 11.6 Å². The zero-order valence-corrected chi connectivity index (χ0v) is 15.3. The minimum atomic E-state index is -0.796. The molecule has 1 heterocycles. The fourth-order valence-corrected chi connectivity index (χ4v) is 3.43. The fraction of sp³-hybridized carbons (Fsp3) is 0.350. The van der Waals surface area contributed by atoms with Crippen LogP contribution in [0.5, 0.6) is 11.5 Å². The average Bonchev–Trinajstić information content (AvgIpc) is 3.11. The summed E-state index contributed by atoms with van der Waals surface area (Å²) in [7, 11) is 3.21. The van der Waals surface area contributed by atoms with Gasteiger partial charge < -0.3 is 14.8 Å². The molecule has 2 aromatic carbocycles. The lowest BCUT2D eigenvalue weighted by atomic mass is 10.0. The highest BCUT2D eigenvalue weighted by molar-refractivity contribution is 5.92. The summed E-state index contributed by atoms with van der Waals surface area (Å²) in [6.07, 6.45) is 1.81. The van der Waals surface area contributed by atoms with Gasteiger partial charge in [-0.2, -0.15) is 0 Å². The fourth-order valence-electron chi connectivity index (χ4n) is 3.43. The number of ether oxygens (including phenoxy) is 2. The van der Waals surface area contributed by atoms with Gasteiger partial charge in [-0.3, -0.25) is 9.69 Å². The second-order valence-corrected chi connectivity index (χ2v) is 6.41. The highest BCUT2D eigenvalue weighted by Crippen LogP contribution is 2.38. The number of nitrogens with zero attached hydrogens (tertiary/aromatic N) is 1. The minimum absolute atomic E-state index is 0.00105. The number of halogens is 2. The second-order valence-electron chi connectivity index (χ2n) is 6.41. The average molecular weight is 376 g/mol. The number of anilines is 1. The van der Waals surface area contributed by atoms with Gasteiger partial charge in [0.05, 0.1) is 26.5 Å². The molecule has 7 heteroatoms. The van der Waals surface area contributed by atoms with Gasteiger partial charge in [0.1, 0.15) is 23.1 Å².